The number of sulfone groups is 1. The van der Waals surface area contributed by atoms with Crippen LogP contribution in [-0.2, 0) is 22.7 Å². The van der Waals surface area contributed by atoms with E-state index in [1.165, 1.54) is 23.8 Å². The highest BCUT2D eigenvalue weighted by Crippen LogP contribution is 2.32. The molecule has 156 valence electrons. The highest BCUT2D eigenvalue weighted by Gasteiger charge is 2.35. The fourth-order valence-electron chi connectivity index (χ4n) is 4.59. The van der Waals surface area contributed by atoms with E-state index in [4.69, 9.17) is 16.3 Å². The minimum atomic E-state index is -3.17. The van der Waals surface area contributed by atoms with Gasteiger partial charge in [0.05, 0.1) is 11.5 Å². The number of ether oxygens (including phenoxy) is 1. The van der Waals surface area contributed by atoms with Crippen molar-refractivity contribution in [3.63, 3.8) is 0 Å². The Kier molecular flexibility index (Phi) is 5.92. The molecule has 0 unspecified atom stereocenters. The molecule has 0 amide bonds. The summed E-state index contributed by atoms with van der Waals surface area (Å²) in [5.41, 5.74) is 2.84. The van der Waals surface area contributed by atoms with Gasteiger partial charge in [0.15, 0.2) is 9.84 Å². The summed E-state index contributed by atoms with van der Waals surface area (Å²) in [6.07, 6.45) is 4.61. The van der Waals surface area contributed by atoms with E-state index in [0.717, 1.165) is 36.7 Å². The Morgan fingerprint density at radius 3 is 2.59 bits per heavy atom. The molecule has 1 aliphatic carbocycles. The Hall–Kier alpha value is -1.56. The van der Waals surface area contributed by atoms with Crippen molar-refractivity contribution in [2.45, 2.75) is 37.1 Å². The smallest absolute Gasteiger partial charge is 0.175 e. The normalized spacial score (nSPS) is 25.0. The Morgan fingerprint density at radius 2 is 1.86 bits per heavy atom. The van der Waals surface area contributed by atoms with Gasteiger partial charge in [0.1, 0.15) is 5.75 Å². The van der Waals surface area contributed by atoms with Crippen molar-refractivity contribution >= 4 is 21.4 Å². The van der Waals surface area contributed by atoms with E-state index in [2.05, 4.69) is 24.0 Å². The monoisotopic (exact) mass is 433 g/mol. The zero-order valence-corrected chi connectivity index (χ0v) is 18.5. The maximum absolute atomic E-state index is 11.6. The lowest BCUT2D eigenvalue weighted by Gasteiger charge is -2.32. The van der Waals surface area contributed by atoms with Crippen molar-refractivity contribution in [2.75, 3.05) is 26.0 Å². The van der Waals surface area contributed by atoms with Gasteiger partial charge in [0.2, 0.25) is 0 Å². The van der Waals surface area contributed by atoms with Crippen molar-refractivity contribution < 1.29 is 13.2 Å². The minimum Gasteiger partial charge on any atom is -0.493 e. The van der Waals surface area contributed by atoms with Crippen LogP contribution in [0.2, 0.25) is 5.02 Å². The van der Waals surface area contributed by atoms with Gasteiger partial charge in [-0.15, -0.1) is 0 Å². The van der Waals surface area contributed by atoms with E-state index in [0.29, 0.717) is 29.4 Å². The first kappa shape index (κ1) is 20.7. The highest BCUT2D eigenvalue weighted by molar-refractivity contribution is 7.90. The first-order valence-electron chi connectivity index (χ1n) is 10.2. The van der Waals surface area contributed by atoms with Gasteiger partial charge in [-0.2, -0.15) is 0 Å². The molecule has 2 aliphatic rings. The van der Waals surface area contributed by atoms with E-state index < -0.39 is 9.84 Å². The minimum absolute atomic E-state index is 0.322. The Labute approximate surface area is 178 Å². The molecule has 0 bridgehead atoms. The third kappa shape index (κ3) is 4.79. The molecule has 29 heavy (non-hydrogen) atoms. The van der Waals surface area contributed by atoms with Crippen molar-refractivity contribution in [3.8, 4) is 5.75 Å². The highest BCUT2D eigenvalue weighted by atomic mass is 35.5. The summed E-state index contributed by atoms with van der Waals surface area (Å²) in [5, 5.41) is 0.826. The molecule has 1 fully saturated rings. The number of nitrogens with zero attached hydrogens (tertiary/aromatic N) is 1. The zero-order chi connectivity index (χ0) is 20.6. The van der Waals surface area contributed by atoms with Crippen LogP contribution < -0.4 is 4.74 Å². The van der Waals surface area contributed by atoms with Gasteiger partial charge in [-0.05, 0) is 72.7 Å². The molecule has 1 saturated heterocycles. The molecule has 1 aliphatic heterocycles. The number of aryl methyl sites for hydroxylation is 1. The number of hydrogen-bond acceptors (Lipinski definition) is 4. The van der Waals surface area contributed by atoms with Crippen molar-refractivity contribution in [3.05, 3.63) is 58.6 Å². The third-order valence-electron chi connectivity index (χ3n) is 6.40. The molecular weight excluding hydrogens is 406 g/mol. The molecule has 4 nitrogen and oxygen atoms in total. The van der Waals surface area contributed by atoms with Crippen LogP contribution in [0.3, 0.4) is 0 Å². The molecule has 0 aromatic heterocycles. The van der Waals surface area contributed by atoms with Crippen LogP contribution in [0.5, 0.6) is 5.75 Å². The van der Waals surface area contributed by atoms with Crippen molar-refractivity contribution in [1.29, 1.82) is 0 Å². The lowest BCUT2D eigenvalue weighted by molar-refractivity contribution is 0.195. The molecule has 3 atom stereocenters. The summed E-state index contributed by atoms with van der Waals surface area (Å²) in [6.45, 7) is 5.10. The Balaban J connectivity index is 1.34. The zero-order valence-electron chi connectivity index (χ0n) is 17.0. The second-order valence-electron chi connectivity index (χ2n) is 8.56. The van der Waals surface area contributed by atoms with Crippen LogP contribution in [-0.4, -0.2) is 45.3 Å². The number of hydrogen-bond donors (Lipinski definition) is 0. The summed E-state index contributed by atoms with van der Waals surface area (Å²) >= 11 is 6.20. The second kappa shape index (κ2) is 8.29. The number of fused-ring (bicyclic) bond motifs is 1. The van der Waals surface area contributed by atoms with Crippen LogP contribution in [0.15, 0.2) is 47.4 Å². The van der Waals surface area contributed by atoms with Crippen LogP contribution in [0.1, 0.15) is 24.5 Å². The summed E-state index contributed by atoms with van der Waals surface area (Å²) in [4.78, 5) is 2.94. The van der Waals surface area contributed by atoms with Gasteiger partial charge < -0.3 is 4.74 Å². The summed E-state index contributed by atoms with van der Waals surface area (Å²) in [5.74, 6) is 1.78. The maximum Gasteiger partial charge on any atom is 0.175 e. The van der Waals surface area contributed by atoms with Crippen LogP contribution in [0.25, 0.3) is 0 Å². The average Bonchev–Trinajstić information content (AvgIpc) is 3.06. The van der Waals surface area contributed by atoms with Crippen LogP contribution in [0, 0.1) is 11.8 Å². The van der Waals surface area contributed by atoms with E-state index in [9.17, 15) is 8.42 Å². The van der Waals surface area contributed by atoms with Gasteiger partial charge in [-0.1, -0.05) is 24.6 Å². The largest absolute Gasteiger partial charge is 0.493 e. The summed E-state index contributed by atoms with van der Waals surface area (Å²) < 4.78 is 29.2. The molecular formula is C23H28ClNO3S. The summed E-state index contributed by atoms with van der Waals surface area (Å²) in [7, 11) is -3.17. The van der Waals surface area contributed by atoms with Crippen LogP contribution in [0.4, 0.5) is 0 Å². The molecule has 6 heteroatoms. The second-order valence-corrected chi connectivity index (χ2v) is 11.0. The fraction of sp³-hybridized carbons (Fsp3) is 0.478. The average molecular weight is 434 g/mol. The molecule has 1 heterocycles. The lowest BCUT2D eigenvalue weighted by Crippen LogP contribution is -2.38. The number of halogens is 1. The van der Waals surface area contributed by atoms with Gasteiger partial charge in [0.25, 0.3) is 0 Å². The van der Waals surface area contributed by atoms with Gasteiger partial charge in [-0.25, -0.2) is 8.42 Å². The predicted molar refractivity (Wildman–Crippen MR) is 117 cm³/mol. The molecule has 4 rings (SSSR count). The first-order chi connectivity index (χ1) is 13.8. The number of likely N-dealkylation sites (tertiary alicyclic amines) is 1. The van der Waals surface area contributed by atoms with E-state index in [-0.39, 0.29) is 0 Å². The molecule has 2 aromatic carbocycles. The van der Waals surface area contributed by atoms with Crippen molar-refractivity contribution in [2.24, 2.45) is 11.8 Å². The van der Waals surface area contributed by atoms with Gasteiger partial charge in [0, 0.05) is 36.3 Å². The standard InChI is InChI=1S/C23H28ClNO3S/c1-16-13-25(21-6-4-17-3-5-20(24)11-18(17)12-21)14-19(16)15-28-22-7-9-23(10-8-22)29(2,26)27/h3,5,7-11,16,19,21H,4,6,12-15H2,1-2H3/t16-,19+,21-/m1/s1. The SMILES string of the molecule is C[C@@H]1CN([C@@H]2CCc3ccc(Cl)cc3C2)C[C@H]1COc1ccc(S(C)(=O)=O)cc1. The van der Waals surface area contributed by atoms with E-state index in [1.807, 2.05) is 6.07 Å². The fourth-order valence-corrected chi connectivity index (χ4v) is 5.42. The third-order valence-corrected chi connectivity index (χ3v) is 7.76. The lowest BCUT2D eigenvalue weighted by atomic mass is 9.87. The molecule has 0 radical (unpaired) electrons. The maximum atomic E-state index is 11.6. The molecule has 2 aromatic rings. The predicted octanol–water partition coefficient (Wildman–Crippen LogP) is 4.25. The van der Waals surface area contributed by atoms with E-state index >= 15 is 0 Å². The quantitative estimate of drug-likeness (QED) is 0.707. The van der Waals surface area contributed by atoms with Crippen molar-refractivity contribution in [1.82, 2.24) is 4.90 Å². The molecule has 0 spiro atoms. The van der Waals surface area contributed by atoms with Gasteiger partial charge in [-0.3, -0.25) is 4.90 Å². The number of rotatable bonds is 5. The molecule has 0 saturated carbocycles. The summed E-state index contributed by atoms with van der Waals surface area (Å²) in [6, 6.07) is 13.6. The molecule has 0 N–H and O–H groups in total. The van der Waals surface area contributed by atoms with E-state index in [1.54, 1.807) is 24.3 Å². The number of benzene rings is 2. The van der Waals surface area contributed by atoms with Gasteiger partial charge >= 0.3 is 0 Å². The topological polar surface area (TPSA) is 46.6 Å². The first-order valence-corrected chi connectivity index (χ1v) is 12.5. The van der Waals surface area contributed by atoms with Crippen LogP contribution >= 0.6 is 11.6 Å². The Morgan fingerprint density at radius 1 is 1.10 bits per heavy atom. The Bertz CT molecular complexity index is 974.